The number of hydrogen-bond acceptors (Lipinski definition) is 3. The average molecular weight is 242 g/mol. The largest absolute Gasteiger partial charge is 0.378 e. The van der Waals surface area contributed by atoms with Crippen LogP contribution in [0.4, 0.5) is 0 Å². The second kappa shape index (κ2) is 5.83. The van der Waals surface area contributed by atoms with E-state index in [-0.39, 0.29) is 23.9 Å². The smallest absolute Gasteiger partial charge is 0.236 e. The van der Waals surface area contributed by atoms with Crippen LogP contribution >= 0.6 is 0 Å². The molecule has 100 valence electrons. The van der Waals surface area contributed by atoms with Crippen molar-refractivity contribution in [2.75, 3.05) is 20.2 Å². The van der Waals surface area contributed by atoms with E-state index in [1.807, 2.05) is 18.9 Å². The highest BCUT2D eigenvalue weighted by molar-refractivity contribution is 5.78. The van der Waals surface area contributed by atoms with Gasteiger partial charge in [-0.1, -0.05) is 13.8 Å². The molecule has 0 aliphatic heterocycles. The summed E-state index contributed by atoms with van der Waals surface area (Å²) in [6, 6.07) is 0.282. The molecule has 17 heavy (non-hydrogen) atoms. The van der Waals surface area contributed by atoms with Crippen LogP contribution in [-0.2, 0) is 9.53 Å². The minimum Gasteiger partial charge on any atom is -0.378 e. The van der Waals surface area contributed by atoms with Gasteiger partial charge in [0, 0.05) is 25.1 Å². The van der Waals surface area contributed by atoms with E-state index in [0.29, 0.717) is 6.10 Å². The zero-order valence-electron chi connectivity index (χ0n) is 11.5. The van der Waals surface area contributed by atoms with Crippen molar-refractivity contribution in [3.8, 4) is 0 Å². The summed E-state index contributed by atoms with van der Waals surface area (Å²) in [5.74, 6) is 0.0243. The van der Waals surface area contributed by atoms with E-state index < -0.39 is 0 Å². The van der Waals surface area contributed by atoms with E-state index in [2.05, 4.69) is 13.8 Å². The summed E-state index contributed by atoms with van der Waals surface area (Å²) in [6.07, 6.45) is 3.32. The van der Waals surface area contributed by atoms with Crippen molar-refractivity contribution < 1.29 is 9.53 Å². The first kappa shape index (κ1) is 14.5. The lowest BCUT2D eigenvalue weighted by Crippen LogP contribution is -2.65. The molecule has 0 aromatic carbocycles. The Morgan fingerprint density at radius 3 is 2.41 bits per heavy atom. The number of ether oxygens (including phenoxy) is 1. The summed E-state index contributed by atoms with van der Waals surface area (Å²) in [4.78, 5) is 13.5. The monoisotopic (exact) mass is 242 g/mol. The summed E-state index contributed by atoms with van der Waals surface area (Å²) in [5.41, 5.74) is 5.55. The van der Waals surface area contributed by atoms with Crippen LogP contribution in [0.5, 0.6) is 0 Å². The first-order valence-corrected chi connectivity index (χ1v) is 6.64. The molecule has 2 unspecified atom stereocenters. The SMILES string of the molecule is CCOC1CC(N(C)C(=O)CN)C1(CC)CC. The number of nitrogens with zero attached hydrogens (tertiary/aromatic N) is 1. The Balaban J connectivity index is 2.78. The number of hydrogen-bond donors (Lipinski definition) is 1. The molecule has 4 nitrogen and oxygen atoms in total. The van der Waals surface area contributed by atoms with Gasteiger partial charge in [0.15, 0.2) is 0 Å². The first-order chi connectivity index (χ1) is 8.07. The highest BCUT2D eigenvalue weighted by atomic mass is 16.5. The minimum absolute atomic E-state index is 0.0243. The Labute approximate surface area is 104 Å². The molecule has 0 saturated heterocycles. The molecular formula is C13H26N2O2. The molecule has 2 N–H and O–H groups in total. The molecule has 0 spiro atoms. The van der Waals surface area contributed by atoms with Crippen molar-refractivity contribution >= 4 is 5.91 Å². The second-order valence-corrected chi connectivity index (χ2v) is 4.84. The van der Waals surface area contributed by atoms with Crippen LogP contribution < -0.4 is 5.73 Å². The van der Waals surface area contributed by atoms with E-state index in [9.17, 15) is 4.79 Å². The van der Waals surface area contributed by atoms with Gasteiger partial charge in [-0.2, -0.15) is 0 Å². The molecule has 0 aromatic rings. The van der Waals surface area contributed by atoms with Gasteiger partial charge in [-0.15, -0.1) is 0 Å². The highest BCUT2D eigenvalue weighted by Gasteiger charge is 2.55. The maximum atomic E-state index is 11.7. The fourth-order valence-electron chi connectivity index (χ4n) is 3.20. The van der Waals surface area contributed by atoms with Crippen LogP contribution in [0, 0.1) is 5.41 Å². The van der Waals surface area contributed by atoms with E-state index in [1.54, 1.807) is 0 Å². The van der Waals surface area contributed by atoms with Gasteiger partial charge in [-0.05, 0) is 26.2 Å². The predicted molar refractivity (Wildman–Crippen MR) is 68.7 cm³/mol. The maximum absolute atomic E-state index is 11.7. The van der Waals surface area contributed by atoms with E-state index in [0.717, 1.165) is 25.9 Å². The molecule has 0 bridgehead atoms. The zero-order chi connectivity index (χ0) is 13.1. The van der Waals surface area contributed by atoms with Gasteiger partial charge in [0.1, 0.15) is 0 Å². The summed E-state index contributed by atoms with van der Waals surface area (Å²) in [6.45, 7) is 7.23. The van der Waals surface area contributed by atoms with Crippen LogP contribution in [0.25, 0.3) is 0 Å². The summed E-state index contributed by atoms with van der Waals surface area (Å²) >= 11 is 0. The van der Waals surface area contributed by atoms with Gasteiger partial charge in [0.2, 0.25) is 5.91 Å². The van der Waals surface area contributed by atoms with E-state index in [4.69, 9.17) is 10.5 Å². The zero-order valence-corrected chi connectivity index (χ0v) is 11.5. The minimum atomic E-state index is 0.0243. The van der Waals surface area contributed by atoms with E-state index in [1.165, 1.54) is 0 Å². The number of likely N-dealkylation sites (N-methyl/N-ethyl adjacent to an activating group) is 1. The Kier molecular flexibility index (Phi) is 4.95. The number of nitrogens with two attached hydrogens (primary N) is 1. The molecule has 1 aliphatic carbocycles. The van der Waals surface area contributed by atoms with Crippen molar-refractivity contribution in [3.63, 3.8) is 0 Å². The summed E-state index contributed by atoms with van der Waals surface area (Å²) in [7, 11) is 1.86. The third-order valence-electron chi connectivity index (χ3n) is 4.46. The van der Waals surface area contributed by atoms with Crippen molar-refractivity contribution in [2.45, 2.75) is 52.2 Å². The molecule has 1 rings (SSSR count). The van der Waals surface area contributed by atoms with Gasteiger partial charge in [0.05, 0.1) is 12.6 Å². The topological polar surface area (TPSA) is 55.6 Å². The number of carbonyl (C=O) groups is 1. The third kappa shape index (κ3) is 2.33. The molecule has 2 atom stereocenters. The standard InChI is InChI=1S/C13H26N2O2/c1-5-13(6-2)10(8-11(13)17-7-3)15(4)12(16)9-14/h10-11H,5-9,14H2,1-4H3. The first-order valence-electron chi connectivity index (χ1n) is 6.64. The molecule has 4 heteroatoms. The Hall–Kier alpha value is -0.610. The molecule has 0 aromatic heterocycles. The fraction of sp³-hybridized carbons (Fsp3) is 0.923. The lowest BCUT2D eigenvalue weighted by atomic mass is 9.58. The predicted octanol–water partition coefficient (Wildman–Crippen LogP) is 1.39. The molecule has 1 amide bonds. The Morgan fingerprint density at radius 1 is 1.41 bits per heavy atom. The third-order valence-corrected chi connectivity index (χ3v) is 4.46. The quantitative estimate of drug-likeness (QED) is 0.765. The maximum Gasteiger partial charge on any atom is 0.236 e. The average Bonchev–Trinajstić information content (AvgIpc) is 2.34. The van der Waals surface area contributed by atoms with Gasteiger partial charge >= 0.3 is 0 Å². The number of carbonyl (C=O) groups excluding carboxylic acids is 1. The van der Waals surface area contributed by atoms with Gasteiger partial charge in [-0.25, -0.2) is 0 Å². The van der Waals surface area contributed by atoms with Crippen molar-refractivity contribution in [2.24, 2.45) is 11.1 Å². The van der Waals surface area contributed by atoms with E-state index >= 15 is 0 Å². The van der Waals surface area contributed by atoms with Gasteiger partial charge in [0.25, 0.3) is 0 Å². The second-order valence-electron chi connectivity index (χ2n) is 4.84. The lowest BCUT2D eigenvalue weighted by molar-refractivity contribution is -0.176. The van der Waals surface area contributed by atoms with Gasteiger partial charge < -0.3 is 15.4 Å². The molecule has 0 heterocycles. The molecule has 1 saturated carbocycles. The molecular weight excluding hydrogens is 216 g/mol. The van der Waals surface area contributed by atoms with Crippen LogP contribution in [-0.4, -0.2) is 43.2 Å². The van der Waals surface area contributed by atoms with Crippen molar-refractivity contribution in [1.82, 2.24) is 4.90 Å². The van der Waals surface area contributed by atoms with Crippen LogP contribution in [0.1, 0.15) is 40.0 Å². The summed E-state index contributed by atoms with van der Waals surface area (Å²) in [5, 5.41) is 0. The molecule has 1 aliphatic rings. The Bertz CT molecular complexity index is 264. The normalized spacial score (nSPS) is 26.4. The van der Waals surface area contributed by atoms with Gasteiger partial charge in [-0.3, -0.25) is 4.79 Å². The van der Waals surface area contributed by atoms with Crippen LogP contribution in [0.2, 0.25) is 0 Å². The van der Waals surface area contributed by atoms with Crippen LogP contribution in [0.15, 0.2) is 0 Å². The highest BCUT2D eigenvalue weighted by Crippen LogP contribution is 2.51. The number of amides is 1. The number of rotatable bonds is 6. The van der Waals surface area contributed by atoms with Crippen LogP contribution in [0.3, 0.4) is 0 Å². The summed E-state index contributed by atoms with van der Waals surface area (Å²) < 4.78 is 5.80. The molecule has 0 radical (unpaired) electrons. The molecule has 1 fully saturated rings. The Morgan fingerprint density at radius 2 is 2.00 bits per heavy atom. The lowest BCUT2D eigenvalue weighted by Gasteiger charge is -2.58. The van der Waals surface area contributed by atoms with Crippen molar-refractivity contribution in [1.29, 1.82) is 0 Å². The van der Waals surface area contributed by atoms with Crippen molar-refractivity contribution in [3.05, 3.63) is 0 Å². The fourth-order valence-corrected chi connectivity index (χ4v) is 3.20.